The predicted octanol–water partition coefficient (Wildman–Crippen LogP) is 2.35. The van der Waals surface area contributed by atoms with Crippen LogP contribution in [0.4, 0.5) is 4.79 Å². The first-order valence-electron chi connectivity index (χ1n) is 8.56. The molecular weight excluding hydrogens is 336 g/mol. The van der Waals surface area contributed by atoms with Crippen molar-refractivity contribution in [1.29, 1.82) is 0 Å². The van der Waals surface area contributed by atoms with Crippen LogP contribution in [0, 0.1) is 5.92 Å². The highest BCUT2D eigenvalue weighted by molar-refractivity contribution is 5.89. The number of aliphatic carboxylic acids is 1. The lowest BCUT2D eigenvalue weighted by atomic mass is 10.0. The van der Waals surface area contributed by atoms with Crippen molar-refractivity contribution in [2.24, 2.45) is 5.92 Å². The summed E-state index contributed by atoms with van der Waals surface area (Å²) in [6.07, 6.45) is -0.569. The van der Waals surface area contributed by atoms with Crippen LogP contribution in [0.5, 0.6) is 0 Å². The van der Waals surface area contributed by atoms with Crippen LogP contribution >= 0.6 is 0 Å². The Labute approximate surface area is 154 Å². The summed E-state index contributed by atoms with van der Waals surface area (Å²) in [5.74, 6) is -1.94. The van der Waals surface area contributed by atoms with Gasteiger partial charge in [-0.2, -0.15) is 0 Å². The maximum absolute atomic E-state index is 12.5. The Morgan fingerprint density at radius 2 is 1.65 bits per heavy atom. The maximum atomic E-state index is 12.5. The van der Waals surface area contributed by atoms with Gasteiger partial charge >= 0.3 is 12.1 Å². The smallest absolute Gasteiger partial charge is 0.408 e. The molecule has 2 atom stereocenters. The summed E-state index contributed by atoms with van der Waals surface area (Å²) in [7, 11) is 0. The Kier molecular flexibility index (Phi) is 7.61. The molecule has 2 amide bonds. The van der Waals surface area contributed by atoms with Gasteiger partial charge in [0.15, 0.2) is 0 Å². The fraction of sp³-hybridized carbons (Fsp3) is 0.526. The molecule has 3 N–H and O–H groups in total. The lowest BCUT2D eigenvalue weighted by molar-refractivity contribution is -0.142. The molecule has 0 radical (unpaired) electrons. The third-order valence-electron chi connectivity index (χ3n) is 3.52. The van der Waals surface area contributed by atoms with Gasteiger partial charge in [0.2, 0.25) is 5.91 Å². The number of rotatable bonds is 7. The molecule has 26 heavy (non-hydrogen) atoms. The second-order valence-corrected chi connectivity index (χ2v) is 7.46. The van der Waals surface area contributed by atoms with Gasteiger partial charge in [0.05, 0.1) is 0 Å². The molecule has 7 heteroatoms. The van der Waals surface area contributed by atoms with Gasteiger partial charge in [-0.25, -0.2) is 9.59 Å². The van der Waals surface area contributed by atoms with Gasteiger partial charge < -0.3 is 20.5 Å². The largest absolute Gasteiger partial charge is 0.480 e. The normalized spacial score (nSPS) is 13.6. The zero-order chi connectivity index (χ0) is 19.9. The van der Waals surface area contributed by atoms with Gasteiger partial charge in [0.1, 0.15) is 17.7 Å². The van der Waals surface area contributed by atoms with Gasteiger partial charge in [-0.1, -0.05) is 44.2 Å². The van der Waals surface area contributed by atoms with Crippen molar-refractivity contribution in [2.75, 3.05) is 0 Å². The second-order valence-electron chi connectivity index (χ2n) is 7.46. The molecule has 0 bridgehead atoms. The van der Waals surface area contributed by atoms with E-state index < -0.39 is 35.7 Å². The average Bonchev–Trinajstić information content (AvgIpc) is 2.50. The molecular formula is C19H28N2O5. The molecule has 0 saturated carbocycles. The van der Waals surface area contributed by atoms with Crippen molar-refractivity contribution >= 4 is 18.0 Å². The highest BCUT2D eigenvalue weighted by Crippen LogP contribution is 2.10. The first kappa shape index (κ1) is 21.5. The molecule has 0 spiro atoms. The second kappa shape index (κ2) is 9.22. The van der Waals surface area contributed by atoms with Crippen LogP contribution in [-0.4, -0.2) is 40.8 Å². The molecule has 0 aliphatic rings. The summed E-state index contributed by atoms with van der Waals surface area (Å²) in [5, 5.41) is 14.4. The molecule has 0 aliphatic carbocycles. The number of carbonyl (C=O) groups excluding carboxylic acids is 2. The Hall–Kier alpha value is -2.57. The molecule has 1 rings (SSSR count). The minimum Gasteiger partial charge on any atom is -0.480 e. The van der Waals surface area contributed by atoms with Crippen molar-refractivity contribution in [3.63, 3.8) is 0 Å². The Bertz CT molecular complexity index is 623. The topological polar surface area (TPSA) is 105 Å². The summed E-state index contributed by atoms with van der Waals surface area (Å²) < 4.78 is 5.17. The number of carboxylic acid groups (broad SMARTS) is 1. The highest BCUT2D eigenvalue weighted by atomic mass is 16.6. The highest BCUT2D eigenvalue weighted by Gasteiger charge is 2.30. The third kappa shape index (κ3) is 7.55. The van der Waals surface area contributed by atoms with E-state index in [1.165, 1.54) is 0 Å². The monoisotopic (exact) mass is 364 g/mol. The fourth-order valence-electron chi connectivity index (χ4n) is 2.28. The van der Waals surface area contributed by atoms with Gasteiger partial charge in [0, 0.05) is 6.42 Å². The number of nitrogens with one attached hydrogen (secondary N) is 2. The van der Waals surface area contributed by atoms with E-state index in [1.807, 2.05) is 6.07 Å². The van der Waals surface area contributed by atoms with E-state index >= 15 is 0 Å². The molecule has 0 saturated heterocycles. The summed E-state index contributed by atoms with van der Waals surface area (Å²) >= 11 is 0. The van der Waals surface area contributed by atoms with E-state index in [4.69, 9.17) is 4.74 Å². The van der Waals surface area contributed by atoms with Crippen molar-refractivity contribution in [1.82, 2.24) is 10.6 Å². The minimum atomic E-state index is -1.14. The van der Waals surface area contributed by atoms with Crippen LogP contribution < -0.4 is 10.6 Å². The molecule has 1 aromatic rings. The molecule has 0 unspecified atom stereocenters. The van der Waals surface area contributed by atoms with Crippen molar-refractivity contribution in [3.8, 4) is 0 Å². The van der Waals surface area contributed by atoms with Gasteiger partial charge in [0.25, 0.3) is 0 Å². The molecule has 7 nitrogen and oxygen atoms in total. The number of hydrogen-bond donors (Lipinski definition) is 3. The first-order chi connectivity index (χ1) is 12.0. The number of carboxylic acids is 1. The summed E-state index contributed by atoms with van der Waals surface area (Å²) in [5.41, 5.74) is 0.0975. The molecule has 1 aromatic carbocycles. The summed E-state index contributed by atoms with van der Waals surface area (Å²) in [6, 6.07) is 7.03. The standard InChI is InChI=1S/C19H28N2O5/c1-12(2)15(21-18(25)26-19(3,4)5)16(22)20-14(17(23)24)11-13-9-7-6-8-10-13/h6-10,12,14-15H,11H2,1-5H3,(H,20,22)(H,21,25)(H,23,24)/t14-,15-/m1/s1. The zero-order valence-electron chi connectivity index (χ0n) is 15.9. The molecule has 0 fully saturated rings. The van der Waals surface area contributed by atoms with Crippen LogP contribution in [0.1, 0.15) is 40.2 Å². The van der Waals surface area contributed by atoms with E-state index in [2.05, 4.69) is 10.6 Å². The molecule has 0 heterocycles. The van der Waals surface area contributed by atoms with E-state index in [-0.39, 0.29) is 12.3 Å². The van der Waals surface area contributed by atoms with Crippen molar-refractivity contribution < 1.29 is 24.2 Å². The number of amides is 2. The number of alkyl carbamates (subject to hydrolysis) is 1. The van der Waals surface area contributed by atoms with E-state index in [9.17, 15) is 19.5 Å². The van der Waals surface area contributed by atoms with Gasteiger partial charge in [-0.3, -0.25) is 4.79 Å². The fourth-order valence-corrected chi connectivity index (χ4v) is 2.28. The van der Waals surface area contributed by atoms with Gasteiger partial charge in [-0.15, -0.1) is 0 Å². The Morgan fingerprint density at radius 3 is 2.12 bits per heavy atom. The van der Waals surface area contributed by atoms with Crippen LogP contribution in [0.15, 0.2) is 30.3 Å². The number of hydrogen-bond acceptors (Lipinski definition) is 4. The quantitative estimate of drug-likeness (QED) is 0.689. The summed E-state index contributed by atoms with van der Waals surface area (Å²) in [4.78, 5) is 36.0. The van der Waals surface area contributed by atoms with E-state index in [0.717, 1.165) is 5.56 Å². The Balaban J connectivity index is 2.80. The average molecular weight is 364 g/mol. The summed E-state index contributed by atoms with van der Waals surface area (Å²) in [6.45, 7) is 8.68. The van der Waals surface area contributed by atoms with Crippen LogP contribution in [0.2, 0.25) is 0 Å². The molecule has 0 aliphatic heterocycles. The van der Waals surface area contributed by atoms with Gasteiger partial charge in [-0.05, 0) is 32.3 Å². The van der Waals surface area contributed by atoms with Crippen LogP contribution in [-0.2, 0) is 20.7 Å². The van der Waals surface area contributed by atoms with E-state index in [0.29, 0.717) is 0 Å². The number of ether oxygens (including phenoxy) is 1. The molecule has 144 valence electrons. The lowest BCUT2D eigenvalue weighted by Gasteiger charge is -2.26. The SMILES string of the molecule is CC(C)[C@@H](NC(=O)OC(C)(C)C)C(=O)N[C@H](Cc1ccccc1)C(=O)O. The van der Waals surface area contributed by atoms with Crippen molar-refractivity contribution in [2.45, 2.75) is 58.7 Å². The van der Waals surface area contributed by atoms with Crippen LogP contribution in [0.25, 0.3) is 0 Å². The van der Waals surface area contributed by atoms with Crippen molar-refractivity contribution in [3.05, 3.63) is 35.9 Å². The number of benzene rings is 1. The predicted molar refractivity (Wildman–Crippen MR) is 97.7 cm³/mol. The lowest BCUT2D eigenvalue weighted by Crippen LogP contribution is -2.54. The maximum Gasteiger partial charge on any atom is 0.408 e. The van der Waals surface area contributed by atoms with Crippen LogP contribution in [0.3, 0.4) is 0 Å². The Morgan fingerprint density at radius 1 is 1.08 bits per heavy atom. The zero-order valence-corrected chi connectivity index (χ0v) is 15.9. The first-order valence-corrected chi connectivity index (χ1v) is 8.56. The third-order valence-corrected chi connectivity index (χ3v) is 3.52. The number of carbonyl (C=O) groups is 3. The van der Waals surface area contributed by atoms with E-state index in [1.54, 1.807) is 58.9 Å². The minimum absolute atomic E-state index is 0.152. The molecule has 0 aromatic heterocycles.